The quantitative estimate of drug-likeness (QED) is 0.857. The number of oxazole rings is 1. The summed E-state index contributed by atoms with van der Waals surface area (Å²) in [6.45, 7) is 8.75. The summed E-state index contributed by atoms with van der Waals surface area (Å²) in [6, 6.07) is 7.58. The minimum atomic E-state index is -0.0125. The normalized spacial score (nSPS) is 21.9. The van der Waals surface area contributed by atoms with Gasteiger partial charge in [-0.05, 0) is 45.0 Å². The molecule has 1 aromatic heterocycles. The zero-order valence-corrected chi connectivity index (χ0v) is 13.9. The highest BCUT2D eigenvalue weighted by atomic mass is 35.5. The van der Waals surface area contributed by atoms with Gasteiger partial charge in [-0.25, -0.2) is 4.98 Å². The molecule has 1 saturated heterocycles. The number of ether oxygens (including phenoxy) is 1. The van der Waals surface area contributed by atoms with E-state index in [1.54, 1.807) is 6.20 Å². The zero-order valence-electron chi connectivity index (χ0n) is 13.2. The predicted molar refractivity (Wildman–Crippen MR) is 86.9 cm³/mol. The van der Waals surface area contributed by atoms with Crippen molar-refractivity contribution in [3.8, 4) is 11.3 Å². The van der Waals surface area contributed by atoms with E-state index < -0.39 is 0 Å². The molecule has 1 aliphatic rings. The molecule has 0 aliphatic carbocycles. The van der Waals surface area contributed by atoms with Gasteiger partial charge in [-0.2, -0.15) is 0 Å². The van der Waals surface area contributed by atoms with Crippen molar-refractivity contribution in [3.63, 3.8) is 0 Å². The lowest BCUT2D eigenvalue weighted by Gasteiger charge is -2.43. The van der Waals surface area contributed by atoms with Gasteiger partial charge in [0, 0.05) is 22.7 Å². The van der Waals surface area contributed by atoms with E-state index in [2.05, 4.69) is 30.7 Å². The third-order valence-corrected chi connectivity index (χ3v) is 4.32. The number of rotatable bonds is 3. The Kier molecular flexibility index (Phi) is 4.26. The zero-order chi connectivity index (χ0) is 15.7. The van der Waals surface area contributed by atoms with Gasteiger partial charge in [0.2, 0.25) is 5.89 Å². The molecule has 1 aromatic carbocycles. The van der Waals surface area contributed by atoms with Crippen LogP contribution in [0.5, 0.6) is 0 Å². The molecular formula is C17H21ClN2O2. The van der Waals surface area contributed by atoms with Crippen molar-refractivity contribution in [2.24, 2.45) is 0 Å². The van der Waals surface area contributed by atoms with E-state index >= 15 is 0 Å². The first-order chi connectivity index (χ1) is 10.4. The minimum Gasteiger partial charge on any atom is -0.439 e. The van der Waals surface area contributed by atoms with Crippen LogP contribution in [0.4, 0.5) is 0 Å². The molecule has 2 aromatic rings. The van der Waals surface area contributed by atoms with Crippen molar-refractivity contribution in [2.75, 3.05) is 13.2 Å². The van der Waals surface area contributed by atoms with Crippen LogP contribution in [0.2, 0.25) is 5.02 Å². The first-order valence-electron chi connectivity index (χ1n) is 7.51. The maximum Gasteiger partial charge on any atom is 0.209 e. The summed E-state index contributed by atoms with van der Waals surface area (Å²) in [5.41, 5.74) is 0.972. The van der Waals surface area contributed by atoms with Gasteiger partial charge in [-0.3, -0.25) is 4.90 Å². The van der Waals surface area contributed by atoms with Gasteiger partial charge in [-0.15, -0.1) is 0 Å². The van der Waals surface area contributed by atoms with Gasteiger partial charge in [0.1, 0.15) is 0 Å². The summed E-state index contributed by atoms with van der Waals surface area (Å²) < 4.78 is 11.6. The SMILES string of the molecule is CC1CN(Cc2ncc(-c3ccc(Cl)cc3)o2)C(C)(C)CO1. The minimum absolute atomic E-state index is 0.0125. The molecule has 1 fully saturated rings. The molecule has 0 bridgehead atoms. The Labute approximate surface area is 136 Å². The molecule has 118 valence electrons. The number of benzene rings is 1. The Bertz CT molecular complexity index is 636. The highest BCUT2D eigenvalue weighted by Gasteiger charge is 2.34. The van der Waals surface area contributed by atoms with Crippen LogP contribution < -0.4 is 0 Å². The molecule has 0 amide bonds. The van der Waals surface area contributed by atoms with Gasteiger partial charge in [0.25, 0.3) is 0 Å². The van der Waals surface area contributed by atoms with Crippen LogP contribution in [0, 0.1) is 0 Å². The molecule has 0 radical (unpaired) electrons. The highest BCUT2D eigenvalue weighted by molar-refractivity contribution is 6.30. The maximum atomic E-state index is 5.91. The monoisotopic (exact) mass is 320 g/mol. The highest BCUT2D eigenvalue weighted by Crippen LogP contribution is 2.26. The molecule has 3 rings (SSSR count). The Balaban J connectivity index is 1.75. The largest absolute Gasteiger partial charge is 0.439 e. The topological polar surface area (TPSA) is 38.5 Å². The summed E-state index contributed by atoms with van der Waals surface area (Å²) in [7, 11) is 0. The average Bonchev–Trinajstić information content (AvgIpc) is 2.93. The maximum absolute atomic E-state index is 5.91. The third-order valence-electron chi connectivity index (χ3n) is 4.06. The van der Waals surface area contributed by atoms with Crippen LogP contribution >= 0.6 is 11.6 Å². The molecule has 22 heavy (non-hydrogen) atoms. The number of morpholine rings is 1. The van der Waals surface area contributed by atoms with Crippen molar-refractivity contribution in [3.05, 3.63) is 41.4 Å². The molecule has 2 heterocycles. The van der Waals surface area contributed by atoms with Gasteiger partial charge in [0.05, 0.1) is 25.5 Å². The second kappa shape index (κ2) is 6.03. The van der Waals surface area contributed by atoms with Crippen LogP contribution in [0.25, 0.3) is 11.3 Å². The van der Waals surface area contributed by atoms with Crippen LogP contribution in [-0.4, -0.2) is 34.7 Å². The Morgan fingerprint density at radius 2 is 2.05 bits per heavy atom. The van der Waals surface area contributed by atoms with Crippen molar-refractivity contribution < 1.29 is 9.15 Å². The second-order valence-electron chi connectivity index (χ2n) is 6.44. The number of hydrogen-bond acceptors (Lipinski definition) is 4. The number of hydrogen-bond donors (Lipinski definition) is 0. The average molecular weight is 321 g/mol. The van der Waals surface area contributed by atoms with Crippen LogP contribution in [0.1, 0.15) is 26.7 Å². The first kappa shape index (κ1) is 15.5. The third kappa shape index (κ3) is 3.35. The lowest BCUT2D eigenvalue weighted by atomic mass is 10.0. The summed E-state index contributed by atoms with van der Waals surface area (Å²) in [5, 5.41) is 0.715. The van der Waals surface area contributed by atoms with E-state index in [0.29, 0.717) is 11.6 Å². The molecule has 4 nitrogen and oxygen atoms in total. The van der Waals surface area contributed by atoms with Crippen LogP contribution in [0.15, 0.2) is 34.9 Å². The van der Waals surface area contributed by atoms with Crippen molar-refractivity contribution >= 4 is 11.6 Å². The molecule has 0 saturated carbocycles. The number of nitrogens with zero attached hydrogens (tertiary/aromatic N) is 2. The smallest absolute Gasteiger partial charge is 0.209 e. The van der Waals surface area contributed by atoms with Crippen LogP contribution in [0.3, 0.4) is 0 Å². The van der Waals surface area contributed by atoms with E-state index in [4.69, 9.17) is 20.8 Å². The first-order valence-corrected chi connectivity index (χ1v) is 7.89. The molecule has 1 aliphatic heterocycles. The summed E-state index contributed by atoms with van der Waals surface area (Å²) in [6.07, 6.45) is 2.01. The molecular weight excluding hydrogens is 300 g/mol. The van der Waals surface area contributed by atoms with E-state index in [-0.39, 0.29) is 11.6 Å². The van der Waals surface area contributed by atoms with Gasteiger partial charge < -0.3 is 9.15 Å². The second-order valence-corrected chi connectivity index (χ2v) is 6.88. The van der Waals surface area contributed by atoms with Crippen molar-refractivity contribution in [1.82, 2.24) is 9.88 Å². The van der Waals surface area contributed by atoms with Gasteiger partial charge >= 0.3 is 0 Å². The summed E-state index contributed by atoms with van der Waals surface area (Å²) in [5.74, 6) is 1.50. The van der Waals surface area contributed by atoms with Gasteiger partial charge in [0.15, 0.2) is 5.76 Å². The van der Waals surface area contributed by atoms with Crippen LogP contribution in [-0.2, 0) is 11.3 Å². The predicted octanol–water partition coefficient (Wildman–Crippen LogP) is 3.99. The standard InChI is InChI=1S/C17H21ClN2O2/c1-12-9-20(17(2,3)11-21-12)10-16-19-8-15(22-16)13-4-6-14(18)7-5-13/h4-8,12H,9-11H2,1-3H3. The fourth-order valence-corrected chi connectivity index (χ4v) is 2.75. The van der Waals surface area contributed by atoms with Gasteiger partial charge in [-0.1, -0.05) is 11.6 Å². The van der Waals surface area contributed by atoms with E-state index in [0.717, 1.165) is 30.4 Å². The van der Waals surface area contributed by atoms with E-state index in [1.165, 1.54) is 0 Å². The fraction of sp³-hybridized carbons (Fsp3) is 0.471. The molecule has 1 atom stereocenters. The number of aromatic nitrogens is 1. The fourth-order valence-electron chi connectivity index (χ4n) is 2.62. The molecule has 0 spiro atoms. The summed E-state index contributed by atoms with van der Waals surface area (Å²) in [4.78, 5) is 6.78. The summed E-state index contributed by atoms with van der Waals surface area (Å²) >= 11 is 5.91. The lowest BCUT2D eigenvalue weighted by molar-refractivity contribution is -0.0972. The number of halogens is 1. The van der Waals surface area contributed by atoms with E-state index in [1.807, 2.05) is 24.3 Å². The Morgan fingerprint density at radius 1 is 1.32 bits per heavy atom. The van der Waals surface area contributed by atoms with Crippen molar-refractivity contribution in [1.29, 1.82) is 0 Å². The van der Waals surface area contributed by atoms with E-state index in [9.17, 15) is 0 Å². The Morgan fingerprint density at radius 3 is 2.77 bits per heavy atom. The lowest BCUT2D eigenvalue weighted by Crippen LogP contribution is -2.54. The molecule has 1 unspecified atom stereocenters. The molecule has 0 N–H and O–H groups in total. The van der Waals surface area contributed by atoms with Crippen molar-refractivity contribution in [2.45, 2.75) is 39.0 Å². The Hall–Kier alpha value is -1.36. The molecule has 5 heteroatoms.